The molecule has 0 bridgehead atoms. The van der Waals surface area contributed by atoms with Gasteiger partial charge in [0.15, 0.2) is 21.9 Å². The lowest BCUT2D eigenvalue weighted by atomic mass is 9.99. The first-order chi connectivity index (χ1) is 20.4. The average molecular weight is 611 g/mol. The molecule has 2 atom stereocenters. The van der Waals surface area contributed by atoms with Crippen LogP contribution in [0.2, 0.25) is 0 Å². The summed E-state index contributed by atoms with van der Waals surface area (Å²) in [5, 5.41) is 16.5. The third kappa shape index (κ3) is 7.67. The molecule has 43 heavy (non-hydrogen) atoms. The van der Waals surface area contributed by atoms with Crippen molar-refractivity contribution in [2.24, 2.45) is 0 Å². The Balaban J connectivity index is 1.57. The number of nitrogens with one attached hydrogen (secondary N) is 3. The smallest absolute Gasteiger partial charge is 0.255 e. The Morgan fingerprint density at radius 1 is 1.07 bits per heavy atom. The monoisotopic (exact) mass is 610 g/mol. The number of halogens is 1. The van der Waals surface area contributed by atoms with Crippen molar-refractivity contribution in [2.45, 2.75) is 43.7 Å². The van der Waals surface area contributed by atoms with Crippen LogP contribution in [-0.4, -0.2) is 66.8 Å². The zero-order valence-electron chi connectivity index (χ0n) is 24.1. The molecule has 13 heteroatoms. The maximum atomic E-state index is 14.1. The number of aliphatic hydroxyl groups excluding tert-OH is 1. The number of imidazole rings is 1. The zero-order chi connectivity index (χ0) is 31.3. The first-order valence-corrected chi connectivity index (χ1v) is 15.7. The van der Waals surface area contributed by atoms with Gasteiger partial charge in [-0.2, -0.15) is 0 Å². The van der Waals surface area contributed by atoms with Crippen LogP contribution in [0, 0.1) is 5.82 Å². The predicted molar refractivity (Wildman–Crippen MR) is 164 cm³/mol. The normalized spacial score (nSPS) is 13.0. The van der Waals surface area contributed by atoms with Crippen molar-refractivity contribution in [3.8, 4) is 0 Å². The van der Waals surface area contributed by atoms with Gasteiger partial charge in [0.25, 0.3) is 11.8 Å². The van der Waals surface area contributed by atoms with Gasteiger partial charge in [0.05, 0.1) is 22.0 Å². The van der Waals surface area contributed by atoms with Gasteiger partial charge < -0.3 is 31.4 Å². The molecule has 1 aromatic heterocycles. The van der Waals surface area contributed by atoms with Gasteiger partial charge in [-0.1, -0.05) is 0 Å². The summed E-state index contributed by atoms with van der Waals surface area (Å²) in [5.41, 5.74) is 8.61. The van der Waals surface area contributed by atoms with Gasteiger partial charge in [-0.3, -0.25) is 9.59 Å². The Kier molecular flexibility index (Phi) is 9.66. The van der Waals surface area contributed by atoms with Crippen LogP contribution >= 0.6 is 0 Å². The van der Waals surface area contributed by atoms with E-state index in [1.165, 1.54) is 6.07 Å². The highest BCUT2D eigenvalue weighted by Gasteiger charge is 2.29. The molecule has 4 rings (SSSR count). The molecule has 2 unspecified atom stereocenters. The fourth-order valence-electron chi connectivity index (χ4n) is 4.90. The SMILES string of the molecule is CCN(CC)c1ccc(C(=O)NC(CCc2cc(F)ccc2S(C)(=O)=O)C(O)C(=O)Nc2ccc3nc(N)[nH]c3c2)cc1. The molecule has 0 radical (unpaired) electrons. The standard InChI is InChI=1S/C30H35FN6O5S/c1-4-37(5-2)22-11-6-18(7-12-22)28(39)34-24(13-8-19-16-20(31)9-15-26(19)43(3,41)42)27(38)29(40)33-21-10-14-23-25(17-21)36-30(32)35-23/h6-7,9-12,14-17,24,27,38H,4-5,8,13H2,1-3H3,(H,33,40)(H,34,39)(H3,32,35,36). The number of rotatable bonds is 12. The Morgan fingerprint density at radius 2 is 1.77 bits per heavy atom. The Hall–Kier alpha value is -4.49. The number of hydrogen-bond acceptors (Lipinski definition) is 8. The van der Waals surface area contributed by atoms with Gasteiger partial charge in [0.1, 0.15) is 5.82 Å². The quantitative estimate of drug-likeness (QED) is 0.152. The second-order valence-corrected chi connectivity index (χ2v) is 12.1. The van der Waals surface area contributed by atoms with Crippen molar-refractivity contribution in [3.05, 3.63) is 77.6 Å². The number of fused-ring (bicyclic) bond motifs is 1. The van der Waals surface area contributed by atoms with Crippen LogP contribution < -0.4 is 21.3 Å². The third-order valence-electron chi connectivity index (χ3n) is 7.14. The molecule has 4 aromatic rings. The molecular formula is C30H35FN6O5S. The largest absolute Gasteiger partial charge is 0.381 e. The van der Waals surface area contributed by atoms with Gasteiger partial charge in [-0.05, 0) is 92.9 Å². The number of aliphatic hydroxyl groups is 1. The van der Waals surface area contributed by atoms with Crippen LogP contribution in [0.5, 0.6) is 0 Å². The minimum absolute atomic E-state index is 0.0459. The molecule has 0 aliphatic heterocycles. The summed E-state index contributed by atoms with van der Waals surface area (Å²) in [6.45, 7) is 5.64. The summed E-state index contributed by atoms with van der Waals surface area (Å²) in [6.07, 6.45) is -0.843. The van der Waals surface area contributed by atoms with E-state index in [0.717, 1.165) is 37.2 Å². The van der Waals surface area contributed by atoms with Crippen LogP contribution in [-0.2, 0) is 21.1 Å². The predicted octanol–water partition coefficient (Wildman–Crippen LogP) is 3.26. The first kappa shape index (κ1) is 31.4. The number of nitrogens with two attached hydrogens (primary N) is 1. The molecule has 0 saturated heterocycles. The molecule has 2 amide bonds. The molecule has 228 valence electrons. The van der Waals surface area contributed by atoms with Crippen molar-refractivity contribution in [1.82, 2.24) is 15.3 Å². The van der Waals surface area contributed by atoms with E-state index in [0.29, 0.717) is 22.3 Å². The molecule has 0 spiro atoms. The molecule has 0 saturated carbocycles. The Bertz CT molecular complexity index is 1720. The highest BCUT2D eigenvalue weighted by Crippen LogP contribution is 2.22. The molecular weight excluding hydrogens is 575 g/mol. The summed E-state index contributed by atoms with van der Waals surface area (Å²) in [4.78, 5) is 35.4. The number of aryl methyl sites for hydroxylation is 1. The molecule has 0 fully saturated rings. The Morgan fingerprint density at radius 3 is 2.42 bits per heavy atom. The first-order valence-electron chi connectivity index (χ1n) is 13.8. The number of carbonyl (C=O) groups is 2. The van der Waals surface area contributed by atoms with E-state index in [-0.39, 0.29) is 29.2 Å². The van der Waals surface area contributed by atoms with Crippen LogP contribution in [0.1, 0.15) is 36.2 Å². The fourth-order valence-corrected chi connectivity index (χ4v) is 5.85. The number of nitrogen functional groups attached to an aromatic ring is 1. The fraction of sp³-hybridized carbons (Fsp3) is 0.300. The summed E-state index contributed by atoms with van der Waals surface area (Å²) < 4.78 is 38.7. The minimum atomic E-state index is -3.69. The maximum Gasteiger partial charge on any atom is 0.255 e. The van der Waals surface area contributed by atoms with E-state index in [2.05, 4.69) is 25.5 Å². The van der Waals surface area contributed by atoms with Gasteiger partial charge in [-0.25, -0.2) is 17.8 Å². The maximum absolute atomic E-state index is 14.1. The minimum Gasteiger partial charge on any atom is -0.381 e. The van der Waals surface area contributed by atoms with Crippen molar-refractivity contribution in [2.75, 3.05) is 35.3 Å². The molecule has 6 N–H and O–H groups in total. The second kappa shape index (κ2) is 13.2. The van der Waals surface area contributed by atoms with Crippen LogP contribution in [0.25, 0.3) is 11.0 Å². The highest BCUT2D eigenvalue weighted by molar-refractivity contribution is 7.90. The van der Waals surface area contributed by atoms with E-state index in [4.69, 9.17) is 5.73 Å². The number of hydrogen-bond donors (Lipinski definition) is 5. The number of amides is 2. The average Bonchev–Trinajstić information content (AvgIpc) is 3.34. The molecule has 3 aromatic carbocycles. The number of aromatic nitrogens is 2. The topological polar surface area (TPSA) is 171 Å². The zero-order valence-corrected chi connectivity index (χ0v) is 24.9. The summed E-state index contributed by atoms with van der Waals surface area (Å²) >= 11 is 0. The summed E-state index contributed by atoms with van der Waals surface area (Å²) in [7, 11) is -3.69. The van der Waals surface area contributed by atoms with Crippen LogP contribution in [0.3, 0.4) is 0 Å². The number of nitrogens with zero attached hydrogens (tertiary/aromatic N) is 2. The number of sulfone groups is 1. The van der Waals surface area contributed by atoms with E-state index >= 15 is 0 Å². The van der Waals surface area contributed by atoms with Gasteiger partial charge in [-0.15, -0.1) is 0 Å². The lowest BCUT2D eigenvalue weighted by Gasteiger charge is -2.25. The lowest BCUT2D eigenvalue weighted by Crippen LogP contribution is -2.49. The second-order valence-electron chi connectivity index (χ2n) is 10.2. The highest BCUT2D eigenvalue weighted by atomic mass is 32.2. The van der Waals surface area contributed by atoms with E-state index in [9.17, 15) is 27.5 Å². The van der Waals surface area contributed by atoms with Crippen molar-refractivity contribution in [3.63, 3.8) is 0 Å². The van der Waals surface area contributed by atoms with E-state index in [1.54, 1.807) is 30.3 Å². The van der Waals surface area contributed by atoms with Gasteiger partial charge in [0, 0.05) is 36.3 Å². The van der Waals surface area contributed by atoms with Crippen molar-refractivity contribution in [1.29, 1.82) is 0 Å². The van der Waals surface area contributed by atoms with Crippen molar-refractivity contribution < 1.29 is 27.5 Å². The van der Waals surface area contributed by atoms with Crippen LogP contribution in [0.15, 0.2) is 65.6 Å². The Labute approximate surface area is 249 Å². The summed E-state index contributed by atoms with van der Waals surface area (Å²) in [6, 6.07) is 13.9. The molecule has 0 aliphatic rings. The number of aromatic amines is 1. The van der Waals surface area contributed by atoms with Gasteiger partial charge in [0.2, 0.25) is 0 Å². The molecule has 11 nitrogen and oxygen atoms in total. The molecule has 1 heterocycles. The number of anilines is 3. The summed E-state index contributed by atoms with van der Waals surface area (Å²) in [5.74, 6) is -1.78. The van der Waals surface area contributed by atoms with Gasteiger partial charge >= 0.3 is 0 Å². The van der Waals surface area contributed by atoms with Crippen molar-refractivity contribution >= 4 is 50.0 Å². The lowest BCUT2D eigenvalue weighted by molar-refractivity contribution is -0.125. The number of carbonyl (C=O) groups excluding carboxylic acids is 2. The third-order valence-corrected chi connectivity index (χ3v) is 8.34. The van der Waals surface area contributed by atoms with E-state index < -0.39 is 39.6 Å². The molecule has 0 aliphatic carbocycles. The number of H-pyrrole nitrogens is 1. The van der Waals surface area contributed by atoms with E-state index in [1.807, 2.05) is 26.0 Å². The number of benzene rings is 3. The van der Waals surface area contributed by atoms with Crippen LogP contribution in [0.4, 0.5) is 21.7 Å².